The van der Waals surface area contributed by atoms with Crippen LogP contribution < -0.4 is 10.4 Å². The number of rotatable bonds is 8. The molecule has 5 aliphatic rings. The first-order valence-corrected chi connectivity index (χ1v) is 21.8. The molecule has 0 radical (unpaired) electrons. The fourth-order valence-corrected chi connectivity index (χ4v) is 21.5. The van der Waals surface area contributed by atoms with E-state index in [9.17, 15) is 0 Å². The average molecular weight is 583 g/mol. The van der Waals surface area contributed by atoms with Crippen molar-refractivity contribution in [2.75, 3.05) is 0 Å². The van der Waals surface area contributed by atoms with E-state index >= 15 is 0 Å². The topological polar surface area (TPSA) is 0 Å². The van der Waals surface area contributed by atoms with E-state index in [1.165, 1.54) is 12.5 Å². The average Bonchev–Trinajstić information content (AvgIpc) is 3.60. The van der Waals surface area contributed by atoms with Crippen molar-refractivity contribution in [2.24, 2.45) is 35.5 Å². The molecule has 2 heteroatoms. The second-order valence-corrected chi connectivity index (χ2v) is 23.7. The third-order valence-corrected chi connectivity index (χ3v) is 22.4. The van der Waals surface area contributed by atoms with Crippen LogP contribution in [0.25, 0.3) is 0 Å². The molecule has 2 aromatic rings. The first kappa shape index (κ1) is 27.9. The Morgan fingerprint density at radius 3 is 1.50 bits per heavy atom. The molecule has 0 heterocycles. The highest BCUT2D eigenvalue weighted by Gasteiger charge is 2.65. The van der Waals surface area contributed by atoms with Gasteiger partial charge in [-0.2, -0.15) is 0 Å². The van der Waals surface area contributed by atoms with E-state index in [0.717, 1.165) is 12.0 Å². The Morgan fingerprint density at radius 1 is 0.595 bits per heavy atom. The lowest BCUT2D eigenvalue weighted by atomic mass is 9.83. The standard InChI is InChI=1S/C40H46Si2/c1-4-5-28-41(2,3)38-29-39(35-25-15-14-24-34(35)38)42(30-18-8-6-9-19-30,31-20-10-7-11-21-31)40-36-26-16-12-22-32(36)33-23-13-17-27-37(33)40/h4,6-27,32-40H,1,5,28-29H2,2-3H3. The molecule has 214 valence electrons. The van der Waals surface area contributed by atoms with Crippen LogP contribution in [0.5, 0.6) is 0 Å². The maximum absolute atomic E-state index is 4.11. The Labute approximate surface area is 256 Å². The molecule has 0 N–H and O–H groups in total. The van der Waals surface area contributed by atoms with Gasteiger partial charge < -0.3 is 0 Å². The van der Waals surface area contributed by atoms with Gasteiger partial charge in [0.2, 0.25) is 0 Å². The van der Waals surface area contributed by atoms with Crippen molar-refractivity contribution in [3.63, 3.8) is 0 Å². The second kappa shape index (κ2) is 11.3. The third-order valence-electron chi connectivity index (χ3n) is 12.0. The van der Waals surface area contributed by atoms with Crippen molar-refractivity contribution in [1.82, 2.24) is 0 Å². The van der Waals surface area contributed by atoms with Crippen molar-refractivity contribution in [3.05, 3.63) is 146 Å². The van der Waals surface area contributed by atoms with Gasteiger partial charge in [0, 0.05) is 0 Å². The molecule has 0 saturated heterocycles. The predicted octanol–water partition coefficient (Wildman–Crippen LogP) is 9.14. The zero-order chi connectivity index (χ0) is 28.7. The van der Waals surface area contributed by atoms with Gasteiger partial charge in [-0.15, -0.1) is 6.58 Å². The van der Waals surface area contributed by atoms with E-state index in [-0.39, 0.29) is 0 Å². The lowest BCUT2D eigenvalue weighted by Crippen LogP contribution is -2.67. The van der Waals surface area contributed by atoms with Crippen molar-refractivity contribution in [2.45, 2.75) is 48.6 Å². The number of benzene rings is 2. The van der Waals surface area contributed by atoms with E-state index in [1.54, 1.807) is 10.4 Å². The molecule has 0 amide bonds. The van der Waals surface area contributed by atoms with Crippen molar-refractivity contribution in [3.8, 4) is 0 Å². The molecule has 5 aliphatic carbocycles. The molecule has 0 bridgehead atoms. The third kappa shape index (κ3) is 4.36. The molecule has 2 fully saturated rings. The predicted molar refractivity (Wildman–Crippen MR) is 187 cm³/mol. The monoisotopic (exact) mass is 582 g/mol. The Balaban J connectivity index is 1.49. The van der Waals surface area contributed by atoms with Crippen molar-refractivity contribution < 1.29 is 0 Å². The molecular formula is C40H46Si2. The quantitative estimate of drug-likeness (QED) is 0.215. The minimum atomic E-state index is -2.41. The fraction of sp³-hybridized carbons (Fsp3) is 0.350. The van der Waals surface area contributed by atoms with E-state index in [4.69, 9.17) is 0 Å². The summed E-state index contributed by atoms with van der Waals surface area (Å²) in [6.45, 7) is 9.49. The van der Waals surface area contributed by atoms with Gasteiger partial charge in [0.1, 0.15) is 8.07 Å². The highest BCUT2D eigenvalue weighted by Crippen LogP contribution is 2.66. The maximum atomic E-state index is 4.11. The van der Waals surface area contributed by atoms with Gasteiger partial charge >= 0.3 is 0 Å². The van der Waals surface area contributed by atoms with E-state index in [0.29, 0.717) is 46.6 Å². The van der Waals surface area contributed by atoms with Gasteiger partial charge in [0.05, 0.1) is 8.07 Å². The van der Waals surface area contributed by atoms with Crippen LogP contribution >= 0.6 is 0 Å². The van der Waals surface area contributed by atoms with Crippen LogP contribution in [0.1, 0.15) is 12.8 Å². The van der Waals surface area contributed by atoms with Gasteiger partial charge in [-0.25, -0.2) is 0 Å². The van der Waals surface area contributed by atoms with Crippen LogP contribution in [-0.4, -0.2) is 16.1 Å². The zero-order valence-electron chi connectivity index (χ0n) is 25.3. The summed E-state index contributed by atoms with van der Waals surface area (Å²) < 4.78 is 0. The molecular weight excluding hydrogens is 537 g/mol. The van der Waals surface area contributed by atoms with Crippen LogP contribution in [-0.2, 0) is 0 Å². The highest BCUT2D eigenvalue weighted by molar-refractivity contribution is 7.04. The summed E-state index contributed by atoms with van der Waals surface area (Å²) in [7, 11) is -3.93. The van der Waals surface area contributed by atoms with E-state index in [2.05, 4.69) is 159 Å². The smallest absolute Gasteiger partial charge is 0.103 e. The summed E-state index contributed by atoms with van der Waals surface area (Å²) in [4.78, 5) is 0. The van der Waals surface area contributed by atoms with Crippen LogP contribution in [0.2, 0.25) is 35.8 Å². The normalized spacial score (nSPS) is 34.3. The first-order chi connectivity index (χ1) is 20.6. The SMILES string of the molecule is C=CCC[Si](C)(C)C1CC([Si](c2ccccc2)(c2ccccc2)C2C3C=CC=CC3C3C=CC=CC32)C2C=CC=CC21. The summed E-state index contributed by atoms with van der Waals surface area (Å²) in [6, 6.07) is 25.3. The maximum Gasteiger partial charge on any atom is 0.125 e. The Hall–Kier alpha value is -2.95. The lowest BCUT2D eigenvalue weighted by molar-refractivity contribution is 0.461. The van der Waals surface area contributed by atoms with Crippen LogP contribution in [0.15, 0.2) is 146 Å². The zero-order valence-corrected chi connectivity index (χ0v) is 27.3. The summed E-state index contributed by atoms with van der Waals surface area (Å²) in [5.74, 6) is 3.55. The molecule has 0 nitrogen and oxygen atoms in total. The van der Waals surface area contributed by atoms with Crippen LogP contribution in [0, 0.1) is 35.5 Å². The van der Waals surface area contributed by atoms with Gasteiger partial charge in [-0.3, -0.25) is 0 Å². The molecule has 8 atom stereocenters. The van der Waals surface area contributed by atoms with Gasteiger partial charge in [-0.05, 0) is 58.6 Å². The minimum absolute atomic E-state index is 0.566. The van der Waals surface area contributed by atoms with Gasteiger partial charge in [0.25, 0.3) is 0 Å². The largest absolute Gasteiger partial charge is 0.125 e. The summed E-state index contributed by atoms with van der Waals surface area (Å²) in [5, 5.41) is 3.31. The number of hydrogen-bond donors (Lipinski definition) is 0. The summed E-state index contributed by atoms with van der Waals surface area (Å²) in [5.41, 5.74) is 2.07. The molecule has 2 saturated carbocycles. The molecule has 2 aromatic carbocycles. The number of fused-ring (bicyclic) bond motifs is 4. The van der Waals surface area contributed by atoms with Crippen LogP contribution in [0.3, 0.4) is 0 Å². The van der Waals surface area contributed by atoms with E-state index in [1.807, 2.05) is 0 Å². The van der Waals surface area contributed by atoms with Crippen LogP contribution in [0.4, 0.5) is 0 Å². The Kier molecular flexibility index (Phi) is 7.48. The number of allylic oxidation sites excluding steroid dienone is 13. The second-order valence-electron chi connectivity index (χ2n) is 14.2. The molecule has 0 aliphatic heterocycles. The molecule has 0 aromatic heterocycles. The van der Waals surface area contributed by atoms with Crippen molar-refractivity contribution >= 4 is 26.5 Å². The number of hydrogen-bond acceptors (Lipinski definition) is 0. The Morgan fingerprint density at radius 2 is 1.02 bits per heavy atom. The fourth-order valence-electron chi connectivity index (χ4n) is 10.3. The molecule has 0 spiro atoms. The molecule has 42 heavy (non-hydrogen) atoms. The summed E-state index contributed by atoms with van der Waals surface area (Å²) >= 11 is 0. The van der Waals surface area contributed by atoms with Gasteiger partial charge in [-0.1, -0.05) is 176 Å². The first-order valence-electron chi connectivity index (χ1n) is 16.3. The lowest BCUT2D eigenvalue weighted by Gasteiger charge is -2.49. The van der Waals surface area contributed by atoms with E-state index < -0.39 is 16.1 Å². The van der Waals surface area contributed by atoms with Crippen molar-refractivity contribution in [1.29, 1.82) is 0 Å². The van der Waals surface area contributed by atoms with Gasteiger partial charge in [0.15, 0.2) is 0 Å². The molecule has 8 unspecified atom stereocenters. The highest BCUT2D eigenvalue weighted by atomic mass is 28.3. The molecule has 7 rings (SSSR count). The Bertz CT molecular complexity index is 1380. The minimum Gasteiger partial charge on any atom is -0.103 e. The summed E-state index contributed by atoms with van der Waals surface area (Å²) in [6.07, 6.45) is 34.4.